The standard InChI is InChI=1S/C25H36N6O/c1-18-5-8-23(9-6-18)30-12-11-22(17-30)29-25(26-4)28-14-21-7-10-24(27-13-21)31-15-19(2)32-20(3)16-31/h5-10,13,19-20,22H,11-12,14-17H2,1-4H3,(H2,26,28,29). The smallest absolute Gasteiger partial charge is 0.191 e. The molecule has 7 heteroatoms. The van der Waals surface area contributed by atoms with Crippen LogP contribution in [0.5, 0.6) is 0 Å². The Morgan fingerprint density at radius 1 is 1.06 bits per heavy atom. The van der Waals surface area contributed by atoms with E-state index in [1.165, 1.54) is 11.3 Å². The van der Waals surface area contributed by atoms with Crippen molar-refractivity contribution in [3.8, 4) is 0 Å². The number of benzene rings is 1. The van der Waals surface area contributed by atoms with Crippen molar-refractivity contribution < 1.29 is 4.74 Å². The number of aryl methyl sites for hydroxylation is 1. The number of nitrogens with one attached hydrogen (secondary N) is 2. The molecule has 0 saturated carbocycles. The number of nitrogens with zero attached hydrogens (tertiary/aromatic N) is 4. The third-order valence-corrected chi connectivity index (χ3v) is 6.16. The van der Waals surface area contributed by atoms with Gasteiger partial charge in [-0.15, -0.1) is 0 Å². The predicted octanol–water partition coefficient (Wildman–Crippen LogP) is 2.95. The molecule has 0 radical (unpaired) electrons. The monoisotopic (exact) mass is 436 g/mol. The molecule has 2 N–H and O–H groups in total. The molecule has 0 aliphatic carbocycles. The molecular formula is C25H36N6O. The number of hydrogen-bond donors (Lipinski definition) is 2. The number of ether oxygens (including phenoxy) is 1. The van der Waals surface area contributed by atoms with Crippen molar-refractivity contribution in [2.75, 3.05) is 43.0 Å². The minimum absolute atomic E-state index is 0.230. The molecule has 4 rings (SSSR count). The number of anilines is 2. The summed E-state index contributed by atoms with van der Waals surface area (Å²) < 4.78 is 5.83. The molecule has 0 amide bonds. The molecule has 7 nitrogen and oxygen atoms in total. The van der Waals surface area contributed by atoms with Crippen molar-refractivity contribution in [3.05, 3.63) is 53.7 Å². The van der Waals surface area contributed by atoms with E-state index in [0.29, 0.717) is 12.6 Å². The van der Waals surface area contributed by atoms with Gasteiger partial charge in [0, 0.05) is 57.7 Å². The molecule has 1 aromatic carbocycles. The van der Waals surface area contributed by atoms with Crippen LogP contribution in [-0.4, -0.2) is 62.4 Å². The van der Waals surface area contributed by atoms with Gasteiger partial charge in [-0.05, 0) is 51.0 Å². The Kier molecular flexibility index (Phi) is 7.15. The SMILES string of the molecule is CN=C(NCc1ccc(N2CC(C)OC(C)C2)nc1)NC1CCN(c2ccc(C)cc2)C1. The van der Waals surface area contributed by atoms with Gasteiger partial charge in [-0.3, -0.25) is 4.99 Å². The zero-order chi connectivity index (χ0) is 22.5. The van der Waals surface area contributed by atoms with Gasteiger partial charge in [0.15, 0.2) is 5.96 Å². The number of guanidine groups is 1. The minimum atomic E-state index is 0.230. The van der Waals surface area contributed by atoms with Crippen molar-refractivity contribution in [2.24, 2.45) is 4.99 Å². The van der Waals surface area contributed by atoms with E-state index in [0.717, 1.165) is 49.9 Å². The van der Waals surface area contributed by atoms with Crippen LogP contribution in [0.3, 0.4) is 0 Å². The lowest BCUT2D eigenvalue weighted by Crippen LogP contribution is -2.45. The van der Waals surface area contributed by atoms with Crippen molar-refractivity contribution in [3.63, 3.8) is 0 Å². The largest absolute Gasteiger partial charge is 0.372 e. The van der Waals surface area contributed by atoms with Gasteiger partial charge in [0.05, 0.1) is 12.2 Å². The summed E-state index contributed by atoms with van der Waals surface area (Å²) >= 11 is 0. The summed E-state index contributed by atoms with van der Waals surface area (Å²) in [5.41, 5.74) is 3.72. The number of rotatable bonds is 5. The van der Waals surface area contributed by atoms with E-state index in [9.17, 15) is 0 Å². The highest BCUT2D eigenvalue weighted by molar-refractivity contribution is 5.80. The Morgan fingerprint density at radius 2 is 1.81 bits per heavy atom. The van der Waals surface area contributed by atoms with Crippen LogP contribution in [0, 0.1) is 6.92 Å². The lowest BCUT2D eigenvalue weighted by atomic mass is 10.2. The number of pyridine rings is 1. The van der Waals surface area contributed by atoms with Gasteiger partial charge in [-0.1, -0.05) is 23.8 Å². The fourth-order valence-electron chi connectivity index (χ4n) is 4.52. The van der Waals surface area contributed by atoms with E-state index in [4.69, 9.17) is 9.72 Å². The molecule has 32 heavy (non-hydrogen) atoms. The molecular weight excluding hydrogens is 400 g/mol. The molecule has 1 aromatic heterocycles. The van der Waals surface area contributed by atoms with Gasteiger partial charge in [-0.2, -0.15) is 0 Å². The molecule has 0 bridgehead atoms. The second-order valence-electron chi connectivity index (χ2n) is 9.02. The number of aromatic nitrogens is 1. The van der Waals surface area contributed by atoms with Crippen LogP contribution in [0.15, 0.2) is 47.6 Å². The molecule has 2 aliphatic rings. The first-order valence-electron chi connectivity index (χ1n) is 11.6. The molecule has 172 valence electrons. The topological polar surface area (TPSA) is 65.0 Å². The summed E-state index contributed by atoms with van der Waals surface area (Å²) in [4.78, 5) is 13.8. The molecule has 2 fully saturated rings. The zero-order valence-corrected chi connectivity index (χ0v) is 19.7. The highest BCUT2D eigenvalue weighted by atomic mass is 16.5. The Bertz CT molecular complexity index is 888. The Balaban J connectivity index is 1.26. The van der Waals surface area contributed by atoms with E-state index in [1.807, 2.05) is 13.2 Å². The highest BCUT2D eigenvalue weighted by Gasteiger charge is 2.24. The van der Waals surface area contributed by atoms with Gasteiger partial charge < -0.3 is 25.2 Å². The van der Waals surface area contributed by atoms with E-state index in [-0.39, 0.29) is 12.2 Å². The van der Waals surface area contributed by atoms with Gasteiger partial charge in [0.1, 0.15) is 5.82 Å². The third-order valence-electron chi connectivity index (χ3n) is 6.16. The number of aliphatic imine (C=N–C) groups is 1. The summed E-state index contributed by atoms with van der Waals surface area (Å²) in [6, 6.07) is 13.4. The predicted molar refractivity (Wildman–Crippen MR) is 132 cm³/mol. The summed E-state index contributed by atoms with van der Waals surface area (Å²) in [5, 5.41) is 7.01. The Hall–Kier alpha value is -2.80. The molecule has 3 unspecified atom stereocenters. The van der Waals surface area contributed by atoms with Crippen LogP contribution in [-0.2, 0) is 11.3 Å². The third kappa shape index (κ3) is 5.71. The van der Waals surface area contributed by atoms with Gasteiger partial charge in [0.2, 0.25) is 0 Å². The first-order valence-corrected chi connectivity index (χ1v) is 11.6. The minimum Gasteiger partial charge on any atom is -0.372 e. The molecule has 2 aromatic rings. The lowest BCUT2D eigenvalue weighted by molar-refractivity contribution is -0.00545. The quantitative estimate of drug-likeness (QED) is 0.555. The van der Waals surface area contributed by atoms with Crippen molar-refractivity contribution in [1.82, 2.24) is 15.6 Å². The van der Waals surface area contributed by atoms with Crippen LogP contribution in [0.4, 0.5) is 11.5 Å². The molecule has 2 saturated heterocycles. The zero-order valence-electron chi connectivity index (χ0n) is 19.7. The van der Waals surface area contributed by atoms with Crippen molar-refractivity contribution in [1.29, 1.82) is 0 Å². The fraction of sp³-hybridized carbons (Fsp3) is 0.520. The summed E-state index contributed by atoms with van der Waals surface area (Å²) in [6.07, 6.45) is 3.51. The van der Waals surface area contributed by atoms with Crippen LogP contribution in [0.2, 0.25) is 0 Å². The molecule has 2 aliphatic heterocycles. The second-order valence-corrected chi connectivity index (χ2v) is 9.02. The van der Waals surface area contributed by atoms with E-state index >= 15 is 0 Å². The summed E-state index contributed by atoms with van der Waals surface area (Å²) in [7, 11) is 1.82. The van der Waals surface area contributed by atoms with Crippen LogP contribution in [0.25, 0.3) is 0 Å². The maximum atomic E-state index is 5.83. The average molecular weight is 437 g/mol. The maximum absolute atomic E-state index is 5.83. The van der Waals surface area contributed by atoms with Crippen LogP contribution < -0.4 is 20.4 Å². The van der Waals surface area contributed by atoms with E-state index < -0.39 is 0 Å². The van der Waals surface area contributed by atoms with Crippen LogP contribution >= 0.6 is 0 Å². The van der Waals surface area contributed by atoms with Crippen molar-refractivity contribution in [2.45, 2.75) is 52.0 Å². The van der Waals surface area contributed by atoms with E-state index in [1.54, 1.807) is 0 Å². The maximum Gasteiger partial charge on any atom is 0.191 e. The van der Waals surface area contributed by atoms with Crippen molar-refractivity contribution >= 4 is 17.5 Å². The number of hydrogen-bond acceptors (Lipinski definition) is 5. The molecule has 3 heterocycles. The van der Waals surface area contributed by atoms with Gasteiger partial charge >= 0.3 is 0 Å². The second kappa shape index (κ2) is 10.2. The summed E-state index contributed by atoms with van der Waals surface area (Å²) in [5.74, 6) is 1.85. The normalized spacial score (nSPS) is 24.0. The fourth-order valence-corrected chi connectivity index (χ4v) is 4.52. The molecule has 0 spiro atoms. The van der Waals surface area contributed by atoms with Crippen LogP contribution in [0.1, 0.15) is 31.4 Å². The summed E-state index contributed by atoms with van der Waals surface area (Å²) in [6.45, 7) is 10.8. The first kappa shape index (κ1) is 22.4. The van der Waals surface area contributed by atoms with E-state index in [2.05, 4.69) is 82.6 Å². The Morgan fingerprint density at radius 3 is 2.47 bits per heavy atom. The van der Waals surface area contributed by atoms with Gasteiger partial charge in [0.25, 0.3) is 0 Å². The highest BCUT2D eigenvalue weighted by Crippen LogP contribution is 2.21. The average Bonchev–Trinajstić information content (AvgIpc) is 3.25. The first-order chi connectivity index (χ1) is 15.5. The lowest BCUT2D eigenvalue weighted by Gasteiger charge is -2.36. The molecule has 3 atom stereocenters. The number of morpholine rings is 1. The Labute approximate surface area is 191 Å². The van der Waals surface area contributed by atoms with Gasteiger partial charge in [-0.25, -0.2) is 4.98 Å².